The number of carbonyl (C=O) groups excluding carboxylic acids is 1. The summed E-state index contributed by atoms with van der Waals surface area (Å²) in [7, 11) is 3.06. The van der Waals surface area contributed by atoms with Crippen LogP contribution in [0.4, 0.5) is 5.69 Å². The Kier molecular flexibility index (Phi) is 5.97. The molecule has 150 valence electrons. The third-order valence-corrected chi connectivity index (χ3v) is 4.50. The fourth-order valence-electron chi connectivity index (χ4n) is 2.97. The van der Waals surface area contributed by atoms with Crippen molar-refractivity contribution in [3.8, 4) is 22.8 Å². The number of nitrogens with zero attached hydrogens (tertiary/aromatic N) is 2. The minimum Gasteiger partial charge on any atom is -0.493 e. The SMILES string of the molecule is COc1ccc(NC(=O)Cn2nc(-c3cc(C)ccc3C)ccc2=O)cc1OC. The lowest BCUT2D eigenvalue weighted by Crippen LogP contribution is -2.29. The zero-order chi connectivity index (χ0) is 21.0. The van der Waals surface area contributed by atoms with Gasteiger partial charge in [0, 0.05) is 23.4 Å². The molecule has 0 aliphatic carbocycles. The van der Waals surface area contributed by atoms with Crippen molar-refractivity contribution in [1.82, 2.24) is 9.78 Å². The maximum atomic E-state index is 12.5. The lowest BCUT2D eigenvalue weighted by Gasteiger charge is -2.12. The molecule has 0 aliphatic rings. The predicted octanol–water partition coefficient (Wildman–Crippen LogP) is 3.18. The van der Waals surface area contributed by atoms with Gasteiger partial charge in [0.1, 0.15) is 6.54 Å². The van der Waals surface area contributed by atoms with E-state index >= 15 is 0 Å². The van der Waals surface area contributed by atoms with Gasteiger partial charge in [0.15, 0.2) is 11.5 Å². The number of aryl methyl sites for hydroxylation is 2. The second-order valence-electron chi connectivity index (χ2n) is 6.65. The molecule has 7 nitrogen and oxygen atoms in total. The Balaban J connectivity index is 1.82. The van der Waals surface area contributed by atoms with Gasteiger partial charge in [-0.25, -0.2) is 4.68 Å². The molecule has 1 heterocycles. The summed E-state index contributed by atoms with van der Waals surface area (Å²) in [6.07, 6.45) is 0. The Labute approximate surface area is 168 Å². The molecule has 3 rings (SSSR count). The number of benzene rings is 2. The molecule has 2 aromatic carbocycles. The molecular formula is C22H23N3O4. The van der Waals surface area contributed by atoms with E-state index in [-0.39, 0.29) is 18.0 Å². The highest BCUT2D eigenvalue weighted by Gasteiger charge is 2.11. The van der Waals surface area contributed by atoms with E-state index in [1.54, 1.807) is 24.3 Å². The van der Waals surface area contributed by atoms with Gasteiger partial charge >= 0.3 is 0 Å². The Morgan fingerprint density at radius 3 is 2.48 bits per heavy atom. The Bertz CT molecular complexity index is 1110. The number of ether oxygens (including phenoxy) is 2. The maximum Gasteiger partial charge on any atom is 0.267 e. The van der Waals surface area contributed by atoms with Gasteiger partial charge < -0.3 is 14.8 Å². The number of carbonyl (C=O) groups is 1. The van der Waals surface area contributed by atoms with Crippen molar-refractivity contribution in [3.63, 3.8) is 0 Å². The van der Waals surface area contributed by atoms with Crippen LogP contribution in [-0.4, -0.2) is 29.9 Å². The molecule has 0 atom stereocenters. The van der Waals surface area contributed by atoms with E-state index in [0.717, 1.165) is 21.4 Å². The average Bonchev–Trinajstić information content (AvgIpc) is 2.71. The largest absolute Gasteiger partial charge is 0.493 e. The molecule has 1 amide bonds. The molecule has 0 spiro atoms. The first-order valence-corrected chi connectivity index (χ1v) is 9.09. The fourth-order valence-corrected chi connectivity index (χ4v) is 2.97. The minimum atomic E-state index is -0.370. The van der Waals surface area contributed by atoms with Crippen LogP contribution in [0.5, 0.6) is 11.5 Å². The molecule has 3 aromatic rings. The van der Waals surface area contributed by atoms with Crippen molar-refractivity contribution >= 4 is 11.6 Å². The first kappa shape index (κ1) is 20.1. The van der Waals surface area contributed by atoms with Gasteiger partial charge in [0.25, 0.3) is 5.56 Å². The summed E-state index contributed by atoms with van der Waals surface area (Å²) in [6.45, 7) is 3.77. The molecule has 0 aliphatic heterocycles. The second kappa shape index (κ2) is 8.60. The summed E-state index contributed by atoms with van der Waals surface area (Å²) in [5.41, 5.74) is 3.90. The normalized spacial score (nSPS) is 10.5. The molecule has 0 saturated carbocycles. The van der Waals surface area contributed by atoms with E-state index in [9.17, 15) is 9.59 Å². The minimum absolute atomic E-state index is 0.202. The number of aromatic nitrogens is 2. The third-order valence-electron chi connectivity index (χ3n) is 4.50. The number of hydrogen-bond acceptors (Lipinski definition) is 5. The van der Waals surface area contributed by atoms with Gasteiger partial charge in [-0.05, 0) is 43.7 Å². The summed E-state index contributed by atoms with van der Waals surface area (Å²) in [6, 6.07) is 14.2. The van der Waals surface area contributed by atoms with E-state index in [0.29, 0.717) is 22.9 Å². The standard InChI is InChI=1S/C22H23N3O4/c1-14-5-6-15(2)17(11-14)18-8-10-22(27)25(24-18)13-21(26)23-16-7-9-19(28-3)20(12-16)29-4/h5-12H,13H2,1-4H3,(H,23,26). The summed E-state index contributed by atoms with van der Waals surface area (Å²) >= 11 is 0. The first-order chi connectivity index (χ1) is 13.9. The van der Waals surface area contributed by atoms with Gasteiger partial charge in [0.05, 0.1) is 19.9 Å². The topological polar surface area (TPSA) is 82.5 Å². The highest BCUT2D eigenvalue weighted by molar-refractivity contribution is 5.90. The van der Waals surface area contributed by atoms with E-state index in [4.69, 9.17) is 9.47 Å². The molecule has 0 saturated heterocycles. The van der Waals surface area contributed by atoms with Crippen molar-refractivity contribution in [1.29, 1.82) is 0 Å². The smallest absolute Gasteiger partial charge is 0.267 e. The molecule has 0 radical (unpaired) electrons. The molecule has 1 aromatic heterocycles. The molecule has 29 heavy (non-hydrogen) atoms. The number of hydrogen-bond donors (Lipinski definition) is 1. The highest BCUT2D eigenvalue weighted by Crippen LogP contribution is 2.29. The molecule has 0 fully saturated rings. The molecule has 7 heteroatoms. The molecule has 1 N–H and O–H groups in total. The van der Waals surface area contributed by atoms with E-state index in [1.165, 1.54) is 20.3 Å². The zero-order valence-electron chi connectivity index (χ0n) is 16.9. The zero-order valence-corrected chi connectivity index (χ0v) is 16.9. The van der Waals surface area contributed by atoms with E-state index in [2.05, 4.69) is 10.4 Å². The van der Waals surface area contributed by atoms with Crippen LogP contribution in [0.2, 0.25) is 0 Å². The summed E-state index contributed by atoms with van der Waals surface area (Å²) < 4.78 is 11.6. The Morgan fingerprint density at radius 1 is 1.00 bits per heavy atom. The monoisotopic (exact) mass is 393 g/mol. The van der Waals surface area contributed by atoms with Gasteiger partial charge in [-0.1, -0.05) is 17.7 Å². The number of anilines is 1. The van der Waals surface area contributed by atoms with Gasteiger partial charge in [-0.2, -0.15) is 5.10 Å². The first-order valence-electron chi connectivity index (χ1n) is 9.09. The maximum absolute atomic E-state index is 12.5. The van der Waals surface area contributed by atoms with Crippen LogP contribution in [0, 0.1) is 13.8 Å². The van der Waals surface area contributed by atoms with Crippen molar-refractivity contribution in [2.45, 2.75) is 20.4 Å². The average molecular weight is 393 g/mol. The summed E-state index contributed by atoms with van der Waals surface area (Å²) in [5, 5.41) is 7.13. The third kappa shape index (κ3) is 4.63. The summed E-state index contributed by atoms with van der Waals surface area (Å²) in [4.78, 5) is 24.7. The van der Waals surface area contributed by atoms with Crippen LogP contribution < -0.4 is 20.3 Å². The Morgan fingerprint density at radius 2 is 1.76 bits per heavy atom. The fraction of sp³-hybridized carbons (Fsp3) is 0.227. The van der Waals surface area contributed by atoms with Crippen LogP contribution in [0.3, 0.4) is 0 Å². The number of methoxy groups -OCH3 is 2. The van der Waals surface area contributed by atoms with E-state index in [1.807, 2.05) is 32.0 Å². The number of rotatable bonds is 6. The van der Waals surface area contributed by atoms with Crippen LogP contribution in [0.1, 0.15) is 11.1 Å². The summed E-state index contributed by atoms with van der Waals surface area (Å²) in [5.74, 6) is 0.687. The van der Waals surface area contributed by atoms with Gasteiger partial charge in [0.2, 0.25) is 5.91 Å². The second-order valence-corrected chi connectivity index (χ2v) is 6.65. The van der Waals surface area contributed by atoms with Crippen LogP contribution in [-0.2, 0) is 11.3 Å². The lowest BCUT2D eigenvalue weighted by molar-refractivity contribution is -0.117. The quantitative estimate of drug-likeness (QED) is 0.696. The van der Waals surface area contributed by atoms with Crippen molar-refractivity contribution < 1.29 is 14.3 Å². The van der Waals surface area contributed by atoms with Crippen molar-refractivity contribution in [2.75, 3.05) is 19.5 Å². The predicted molar refractivity (Wildman–Crippen MR) is 112 cm³/mol. The number of amides is 1. The van der Waals surface area contributed by atoms with Crippen LogP contribution in [0.25, 0.3) is 11.3 Å². The number of nitrogens with one attached hydrogen (secondary N) is 1. The molecular weight excluding hydrogens is 370 g/mol. The van der Waals surface area contributed by atoms with Gasteiger partial charge in [-0.3, -0.25) is 9.59 Å². The van der Waals surface area contributed by atoms with Crippen LogP contribution in [0.15, 0.2) is 53.3 Å². The lowest BCUT2D eigenvalue weighted by atomic mass is 10.0. The highest BCUT2D eigenvalue weighted by atomic mass is 16.5. The van der Waals surface area contributed by atoms with E-state index < -0.39 is 0 Å². The van der Waals surface area contributed by atoms with Crippen molar-refractivity contribution in [3.05, 3.63) is 70.0 Å². The van der Waals surface area contributed by atoms with Crippen LogP contribution >= 0.6 is 0 Å². The Hall–Kier alpha value is -3.61. The van der Waals surface area contributed by atoms with Gasteiger partial charge in [-0.15, -0.1) is 0 Å². The molecule has 0 bridgehead atoms. The molecule has 0 unspecified atom stereocenters. The van der Waals surface area contributed by atoms with Crippen molar-refractivity contribution in [2.24, 2.45) is 0 Å².